The molecule has 0 spiro atoms. The molecular weight excluding hydrogens is 459 g/mol. The maximum atomic E-state index is 13.4. The Hall–Kier alpha value is -4.52. The van der Waals surface area contributed by atoms with Crippen molar-refractivity contribution in [3.05, 3.63) is 113 Å². The Balaban J connectivity index is 1.38. The molecule has 0 atom stereocenters. The van der Waals surface area contributed by atoms with E-state index >= 15 is 0 Å². The van der Waals surface area contributed by atoms with Crippen molar-refractivity contribution in [3.8, 4) is 11.3 Å². The number of halogens is 1. The first-order valence-corrected chi connectivity index (χ1v) is 11.5. The van der Waals surface area contributed by atoms with Crippen LogP contribution in [0.25, 0.3) is 22.2 Å². The number of furan rings is 1. The first kappa shape index (κ1) is 23.2. The van der Waals surface area contributed by atoms with E-state index in [0.717, 1.165) is 17.1 Å². The third-order valence-electron chi connectivity index (χ3n) is 6.18. The number of benzene rings is 2. The number of fused-ring (bicyclic) bond motifs is 1. The quantitative estimate of drug-likeness (QED) is 0.206. The highest BCUT2D eigenvalue weighted by Gasteiger charge is 2.20. The summed E-state index contributed by atoms with van der Waals surface area (Å²) in [7, 11) is 0. The van der Waals surface area contributed by atoms with Gasteiger partial charge in [0.05, 0.1) is 29.6 Å². The number of nitrogens with zero attached hydrogens (tertiary/aromatic N) is 2. The number of hydrogen-bond acceptors (Lipinski definition) is 5. The van der Waals surface area contributed by atoms with E-state index in [1.54, 1.807) is 48.7 Å². The van der Waals surface area contributed by atoms with Gasteiger partial charge >= 0.3 is 5.97 Å². The van der Waals surface area contributed by atoms with Gasteiger partial charge in [-0.3, -0.25) is 4.79 Å². The van der Waals surface area contributed by atoms with Crippen LogP contribution in [-0.2, 0) is 11.3 Å². The molecule has 3 aromatic heterocycles. The lowest BCUT2D eigenvalue weighted by molar-refractivity contribution is 0.0476. The minimum atomic E-state index is -0.630. The van der Waals surface area contributed by atoms with Crippen molar-refractivity contribution in [2.24, 2.45) is 0 Å². The Morgan fingerprint density at radius 2 is 1.75 bits per heavy atom. The normalized spacial score (nSPS) is 11.1. The van der Waals surface area contributed by atoms with Gasteiger partial charge in [0.1, 0.15) is 11.6 Å². The van der Waals surface area contributed by atoms with Gasteiger partial charge in [0.15, 0.2) is 6.61 Å². The maximum Gasteiger partial charge on any atom is 0.339 e. The SMILES string of the molecule is Cc1cc(C(=O)COC(=O)c2cc(-c3ccc(F)cc3)nc3ccccc23)c(C)n1Cc1ccco1. The molecule has 0 aliphatic rings. The molecule has 3 heterocycles. The number of rotatable bonds is 7. The molecule has 0 radical (unpaired) electrons. The van der Waals surface area contributed by atoms with Gasteiger partial charge in [-0.1, -0.05) is 18.2 Å². The van der Waals surface area contributed by atoms with E-state index in [9.17, 15) is 14.0 Å². The second-order valence-corrected chi connectivity index (χ2v) is 8.53. The van der Waals surface area contributed by atoms with E-state index in [1.807, 2.05) is 36.6 Å². The molecule has 5 aromatic rings. The summed E-state index contributed by atoms with van der Waals surface area (Å²) in [4.78, 5) is 30.7. The molecule has 0 aliphatic heterocycles. The average molecular weight is 483 g/mol. The van der Waals surface area contributed by atoms with Gasteiger partial charge in [-0.2, -0.15) is 0 Å². The number of ketones is 1. The molecule has 5 rings (SSSR count). The van der Waals surface area contributed by atoms with Gasteiger partial charge in [-0.15, -0.1) is 0 Å². The lowest BCUT2D eigenvalue weighted by Crippen LogP contribution is -2.16. The smallest absolute Gasteiger partial charge is 0.339 e. The molecule has 0 N–H and O–H groups in total. The van der Waals surface area contributed by atoms with E-state index in [2.05, 4.69) is 4.98 Å². The molecule has 0 saturated heterocycles. The van der Waals surface area contributed by atoms with Gasteiger partial charge in [-0.25, -0.2) is 14.2 Å². The van der Waals surface area contributed by atoms with Crippen molar-refractivity contribution in [1.29, 1.82) is 0 Å². The molecule has 0 bridgehead atoms. The van der Waals surface area contributed by atoms with Gasteiger partial charge in [0, 0.05) is 27.9 Å². The number of esters is 1. The first-order valence-electron chi connectivity index (χ1n) is 11.5. The fourth-order valence-electron chi connectivity index (χ4n) is 4.28. The summed E-state index contributed by atoms with van der Waals surface area (Å²) < 4.78 is 26.3. The van der Waals surface area contributed by atoms with Crippen LogP contribution in [0.2, 0.25) is 0 Å². The minimum absolute atomic E-state index is 0.288. The van der Waals surface area contributed by atoms with Crippen molar-refractivity contribution in [1.82, 2.24) is 9.55 Å². The number of carbonyl (C=O) groups is 2. The predicted molar refractivity (Wildman–Crippen MR) is 133 cm³/mol. The molecule has 180 valence electrons. The van der Waals surface area contributed by atoms with E-state index in [4.69, 9.17) is 9.15 Å². The minimum Gasteiger partial charge on any atom is -0.467 e. The summed E-state index contributed by atoms with van der Waals surface area (Å²) in [5.74, 6) is -0.501. The van der Waals surface area contributed by atoms with E-state index in [-0.39, 0.29) is 17.2 Å². The van der Waals surface area contributed by atoms with Crippen LogP contribution in [-0.4, -0.2) is 27.9 Å². The Bertz CT molecular complexity index is 1570. The fraction of sp³-hybridized carbons (Fsp3) is 0.138. The number of para-hydroxylation sites is 1. The van der Waals surface area contributed by atoms with Crippen molar-refractivity contribution in [2.75, 3.05) is 6.61 Å². The molecule has 6 nitrogen and oxygen atoms in total. The van der Waals surface area contributed by atoms with Crippen LogP contribution < -0.4 is 0 Å². The predicted octanol–water partition coefficient (Wildman–Crippen LogP) is 6.14. The number of hydrogen-bond donors (Lipinski definition) is 0. The van der Waals surface area contributed by atoms with Crippen molar-refractivity contribution >= 4 is 22.7 Å². The lowest BCUT2D eigenvalue weighted by Gasteiger charge is -2.10. The van der Waals surface area contributed by atoms with E-state index in [1.165, 1.54) is 12.1 Å². The van der Waals surface area contributed by atoms with Crippen molar-refractivity contribution in [2.45, 2.75) is 20.4 Å². The van der Waals surface area contributed by atoms with E-state index in [0.29, 0.717) is 34.3 Å². The number of Topliss-reactive ketones (excluding diaryl/α,β-unsaturated/α-hetero) is 1. The van der Waals surface area contributed by atoms with Gasteiger partial charge in [-0.05, 0) is 68.4 Å². The summed E-state index contributed by atoms with van der Waals surface area (Å²) in [6, 6.07) is 20.2. The Morgan fingerprint density at radius 1 is 0.972 bits per heavy atom. The monoisotopic (exact) mass is 482 g/mol. The molecular formula is C29H23FN2O4. The molecule has 0 saturated carbocycles. The van der Waals surface area contributed by atoms with Crippen LogP contribution in [0, 0.1) is 19.7 Å². The van der Waals surface area contributed by atoms with Crippen LogP contribution in [0.3, 0.4) is 0 Å². The maximum absolute atomic E-state index is 13.4. The summed E-state index contributed by atoms with van der Waals surface area (Å²) in [5, 5.41) is 0.609. The summed E-state index contributed by atoms with van der Waals surface area (Å²) in [6.07, 6.45) is 1.61. The largest absolute Gasteiger partial charge is 0.467 e. The second-order valence-electron chi connectivity index (χ2n) is 8.53. The topological polar surface area (TPSA) is 74.3 Å². The fourth-order valence-corrected chi connectivity index (χ4v) is 4.28. The van der Waals surface area contributed by atoms with E-state index < -0.39 is 12.6 Å². The third-order valence-corrected chi connectivity index (χ3v) is 6.18. The van der Waals surface area contributed by atoms with Crippen LogP contribution in [0.1, 0.15) is 37.9 Å². The third kappa shape index (κ3) is 4.55. The van der Waals surface area contributed by atoms with Crippen LogP contribution in [0.5, 0.6) is 0 Å². The van der Waals surface area contributed by atoms with Gasteiger partial charge < -0.3 is 13.7 Å². The zero-order valence-electron chi connectivity index (χ0n) is 19.8. The number of pyridine rings is 1. The molecule has 7 heteroatoms. The second kappa shape index (κ2) is 9.62. The zero-order valence-corrected chi connectivity index (χ0v) is 19.8. The number of aryl methyl sites for hydroxylation is 1. The summed E-state index contributed by atoms with van der Waals surface area (Å²) >= 11 is 0. The summed E-state index contributed by atoms with van der Waals surface area (Å²) in [5.41, 5.74) is 4.24. The Morgan fingerprint density at radius 3 is 2.50 bits per heavy atom. The molecule has 0 unspecified atom stereocenters. The molecule has 2 aromatic carbocycles. The van der Waals surface area contributed by atoms with Crippen LogP contribution >= 0.6 is 0 Å². The van der Waals surface area contributed by atoms with Crippen molar-refractivity contribution in [3.63, 3.8) is 0 Å². The highest BCUT2D eigenvalue weighted by atomic mass is 19.1. The van der Waals surface area contributed by atoms with Crippen LogP contribution in [0.4, 0.5) is 4.39 Å². The van der Waals surface area contributed by atoms with Gasteiger partial charge in [0.2, 0.25) is 5.78 Å². The molecule has 0 aliphatic carbocycles. The lowest BCUT2D eigenvalue weighted by atomic mass is 10.0. The summed E-state index contributed by atoms with van der Waals surface area (Å²) in [6.45, 7) is 3.88. The van der Waals surface area contributed by atoms with Crippen molar-refractivity contribution < 1.29 is 23.1 Å². The highest BCUT2D eigenvalue weighted by molar-refractivity contribution is 6.06. The Kier molecular flexibility index (Phi) is 6.21. The molecule has 0 amide bonds. The molecule has 36 heavy (non-hydrogen) atoms. The highest BCUT2D eigenvalue weighted by Crippen LogP contribution is 2.26. The average Bonchev–Trinajstić information content (AvgIpc) is 3.50. The Labute approximate surface area is 207 Å². The molecule has 0 fully saturated rings. The van der Waals surface area contributed by atoms with Gasteiger partial charge in [0.25, 0.3) is 0 Å². The number of aromatic nitrogens is 2. The zero-order chi connectivity index (χ0) is 25.2. The number of carbonyl (C=O) groups excluding carboxylic acids is 2. The van der Waals surface area contributed by atoms with Crippen LogP contribution in [0.15, 0.2) is 83.5 Å². The standard InChI is InChI=1S/C29H23FN2O4/c1-18-14-24(19(2)32(18)16-22-6-5-13-35-22)28(33)17-36-29(34)25-15-27(20-9-11-21(30)12-10-20)31-26-8-4-3-7-23(25)26/h3-15H,16-17H2,1-2H3. The number of ether oxygens (including phenoxy) is 1. The first-order chi connectivity index (χ1) is 17.4.